The quantitative estimate of drug-likeness (QED) is 0.653. The number of methoxy groups -OCH3 is 1. The summed E-state index contributed by atoms with van der Waals surface area (Å²) in [6, 6.07) is 9.09. The van der Waals surface area contributed by atoms with Crippen LogP contribution in [0.1, 0.15) is 24.8 Å². The summed E-state index contributed by atoms with van der Waals surface area (Å²) in [7, 11) is -2.51. The van der Waals surface area contributed by atoms with E-state index in [-0.39, 0.29) is 35.1 Å². The van der Waals surface area contributed by atoms with Crippen molar-refractivity contribution in [2.45, 2.75) is 36.2 Å². The van der Waals surface area contributed by atoms with Gasteiger partial charge >= 0.3 is 0 Å². The van der Waals surface area contributed by atoms with Crippen LogP contribution in [-0.2, 0) is 14.6 Å². The van der Waals surface area contributed by atoms with Crippen molar-refractivity contribution in [3.63, 3.8) is 0 Å². The highest BCUT2D eigenvalue weighted by atomic mass is 32.2. The van der Waals surface area contributed by atoms with Crippen LogP contribution in [0.3, 0.4) is 0 Å². The highest BCUT2D eigenvalue weighted by molar-refractivity contribution is 7.91. The zero-order valence-electron chi connectivity index (χ0n) is 17.6. The minimum atomic E-state index is -3.84. The lowest BCUT2D eigenvalue weighted by atomic mass is 10.1. The molecule has 168 valence electrons. The fourth-order valence-corrected chi connectivity index (χ4v) is 5.68. The Labute approximate surface area is 186 Å². The van der Waals surface area contributed by atoms with Gasteiger partial charge in [-0.15, -0.1) is 0 Å². The van der Waals surface area contributed by atoms with E-state index in [2.05, 4.69) is 16.0 Å². The molecule has 2 saturated heterocycles. The lowest BCUT2D eigenvalue weighted by Gasteiger charge is -2.41. The summed E-state index contributed by atoms with van der Waals surface area (Å²) in [5, 5.41) is 8.96. The van der Waals surface area contributed by atoms with E-state index in [1.165, 1.54) is 13.2 Å². The van der Waals surface area contributed by atoms with E-state index in [1.807, 2.05) is 6.07 Å². The molecule has 2 bridgehead atoms. The van der Waals surface area contributed by atoms with E-state index in [9.17, 15) is 17.6 Å². The van der Waals surface area contributed by atoms with E-state index in [1.54, 1.807) is 17.2 Å². The Hall–Kier alpha value is -3.19. The number of amides is 1. The lowest BCUT2D eigenvalue weighted by molar-refractivity contribution is -0.131. The molecule has 0 aliphatic carbocycles. The maximum absolute atomic E-state index is 13.7. The van der Waals surface area contributed by atoms with Crippen LogP contribution in [0.15, 0.2) is 41.4 Å². The number of anilines is 1. The normalized spacial score (nSPS) is 20.2. The molecule has 3 heterocycles. The first-order valence-electron chi connectivity index (χ1n) is 10.3. The number of halogens is 1. The number of ether oxygens (including phenoxy) is 1. The molecular weight excluding hydrogens is 435 g/mol. The highest BCUT2D eigenvalue weighted by Gasteiger charge is 2.42. The van der Waals surface area contributed by atoms with Crippen molar-refractivity contribution in [2.75, 3.05) is 30.9 Å². The molecule has 4 rings (SSSR count). The monoisotopic (exact) mass is 458 g/mol. The average molecular weight is 459 g/mol. The predicted molar refractivity (Wildman–Crippen MR) is 114 cm³/mol. The van der Waals surface area contributed by atoms with Crippen LogP contribution in [0.4, 0.5) is 10.2 Å². The SMILES string of the molecule is COc1cc(F)cc(S(=O)(=O)CCC(=O)N2CC3CCC(C2)N3c2ccc(C#N)cn2)c1. The number of hydrogen-bond donors (Lipinski definition) is 0. The third-order valence-electron chi connectivity index (χ3n) is 6.00. The Bertz CT molecular complexity index is 1150. The highest BCUT2D eigenvalue weighted by Crippen LogP contribution is 2.34. The average Bonchev–Trinajstić information content (AvgIpc) is 3.06. The molecule has 2 unspecified atom stereocenters. The van der Waals surface area contributed by atoms with Gasteiger partial charge in [-0.3, -0.25) is 4.79 Å². The minimum absolute atomic E-state index is 0.0993. The zero-order chi connectivity index (χ0) is 22.9. The molecule has 10 heteroatoms. The molecule has 2 aliphatic rings. The van der Waals surface area contributed by atoms with Crippen molar-refractivity contribution in [1.82, 2.24) is 9.88 Å². The van der Waals surface area contributed by atoms with Crippen molar-refractivity contribution in [3.05, 3.63) is 47.9 Å². The Morgan fingerprint density at radius 1 is 1.25 bits per heavy atom. The molecule has 0 spiro atoms. The molecule has 0 saturated carbocycles. The van der Waals surface area contributed by atoms with Gasteiger partial charge in [0.05, 0.1) is 23.3 Å². The lowest BCUT2D eigenvalue weighted by Crippen LogP contribution is -2.55. The van der Waals surface area contributed by atoms with Gasteiger partial charge in [-0.05, 0) is 37.1 Å². The number of aromatic nitrogens is 1. The summed E-state index contributed by atoms with van der Waals surface area (Å²) in [6.45, 7) is 0.982. The van der Waals surface area contributed by atoms with Crippen LogP contribution in [0.5, 0.6) is 5.75 Å². The Morgan fingerprint density at radius 3 is 2.56 bits per heavy atom. The summed E-state index contributed by atoms with van der Waals surface area (Å²) in [4.78, 5) is 20.9. The molecular formula is C22H23FN4O4S. The molecule has 2 aromatic rings. The van der Waals surface area contributed by atoms with Crippen molar-refractivity contribution >= 4 is 21.6 Å². The molecule has 1 aromatic carbocycles. The first kappa shape index (κ1) is 22.0. The fourth-order valence-electron chi connectivity index (χ4n) is 4.42. The van der Waals surface area contributed by atoms with Crippen molar-refractivity contribution < 1.29 is 22.3 Å². The van der Waals surface area contributed by atoms with E-state index in [0.717, 1.165) is 30.8 Å². The van der Waals surface area contributed by atoms with E-state index >= 15 is 0 Å². The molecule has 1 aromatic heterocycles. The number of benzene rings is 1. The molecule has 8 nitrogen and oxygen atoms in total. The van der Waals surface area contributed by atoms with Gasteiger partial charge < -0.3 is 14.5 Å². The number of nitriles is 1. The second-order valence-electron chi connectivity index (χ2n) is 8.00. The minimum Gasteiger partial charge on any atom is -0.497 e. The largest absolute Gasteiger partial charge is 0.497 e. The number of fused-ring (bicyclic) bond motifs is 2. The molecule has 0 N–H and O–H groups in total. The summed E-state index contributed by atoms with van der Waals surface area (Å²) in [6.07, 6.45) is 3.20. The molecule has 32 heavy (non-hydrogen) atoms. The Morgan fingerprint density at radius 2 is 1.97 bits per heavy atom. The molecule has 2 atom stereocenters. The van der Waals surface area contributed by atoms with Crippen molar-refractivity contribution in [1.29, 1.82) is 5.26 Å². The maximum Gasteiger partial charge on any atom is 0.223 e. The summed E-state index contributed by atoms with van der Waals surface area (Å²) in [5.41, 5.74) is 0.493. The van der Waals surface area contributed by atoms with Crippen LogP contribution in [0.2, 0.25) is 0 Å². The van der Waals surface area contributed by atoms with Gasteiger partial charge in [-0.2, -0.15) is 5.26 Å². The number of pyridine rings is 1. The van der Waals surface area contributed by atoms with Gasteiger partial charge in [-0.1, -0.05) is 0 Å². The zero-order valence-corrected chi connectivity index (χ0v) is 18.4. The molecule has 1 amide bonds. The Balaban J connectivity index is 1.40. The first-order valence-corrected chi connectivity index (χ1v) is 12.0. The fraction of sp³-hybridized carbons (Fsp3) is 0.409. The predicted octanol–water partition coefficient (Wildman–Crippen LogP) is 2.14. The van der Waals surface area contributed by atoms with E-state index in [4.69, 9.17) is 10.00 Å². The van der Waals surface area contributed by atoms with Gasteiger partial charge in [0.15, 0.2) is 9.84 Å². The van der Waals surface area contributed by atoms with Crippen LogP contribution in [-0.4, -0.2) is 62.2 Å². The first-order chi connectivity index (χ1) is 15.3. The maximum atomic E-state index is 13.7. The number of hydrogen-bond acceptors (Lipinski definition) is 7. The van der Waals surface area contributed by atoms with Gasteiger partial charge in [0.25, 0.3) is 0 Å². The van der Waals surface area contributed by atoms with Crippen LogP contribution in [0, 0.1) is 17.1 Å². The smallest absolute Gasteiger partial charge is 0.223 e. The number of carbonyl (C=O) groups is 1. The summed E-state index contributed by atoms with van der Waals surface area (Å²) >= 11 is 0. The van der Waals surface area contributed by atoms with Gasteiger partial charge in [-0.25, -0.2) is 17.8 Å². The second-order valence-corrected chi connectivity index (χ2v) is 10.1. The van der Waals surface area contributed by atoms with Crippen molar-refractivity contribution in [2.24, 2.45) is 0 Å². The van der Waals surface area contributed by atoms with Gasteiger partial charge in [0, 0.05) is 43.9 Å². The molecule has 0 radical (unpaired) electrons. The van der Waals surface area contributed by atoms with Crippen molar-refractivity contribution in [3.8, 4) is 11.8 Å². The third-order valence-corrected chi connectivity index (χ3v) is 7.70. The topological polar surface area (TPSA) is 104 Å². The van der Waals surface area contributed by atoms with Crippen LogP contribution < -0.4 is 9.64 Å². The molecule has 2 fully saturated rings. The summed E-state index contributed by atoms with van der Waals surface area (Å²) in [5.74, 6) is -0.449. The number of nitrogens with zero attached hydrogens (tertiary/aromatic N) is 4. The number of rotatable bonds is 6. The number of sulfone groups is 1. The van der Waals surface area contributed by atoms with Gasteiger partial charge in [0.2, 0.25) is 5.91 Å². The van der Waals surface area contributed by atoms with Crippen LogP contribution in [0.25, 0.3) is 0 Å². The van der Waals surface area contributed by atoms with E-state index < -0.39 is 21.4 Å². The van der Waals surface area contributed by atoms with Crippen LogP contribution >= 0.6 is 0 Å². The third kappa shape index (κ3) is 4.39. The standard InChI is InChI=1S/C22H23FN4O4S/c1-31-19-8-16(23)9-20(10-19)32(29,30)7-6-22(28)26-13-17-3-4-18(14-26)27(17)21-5-2-15(11-24)12-25-21/h2,5,8-10,12,17-18H,3-4,6-7,13-14H2,1H3. The second kappa shape index (κ2) is 8.74. The van der Waals surface area contributed by atoms with E-state index in [0.29, 0.717) is 18.7 Å². The molecule has 2 aliphatic heterocycles. The Kier molecular flexibility index (Phi) is 6.02. The number of piperazine rings is 1. The number of likely N-dealkylation sites (tertiary alicyclic amines) is 1. The number of carbonyl (C=O) groups excluding carboxylic acids is 1. The van der Waals surface area contributed by atoms with Gasteiger partial charge in [0.1, 0.15) is 23.5 Å². The summed E-state index contributed by atoms with van der Waals surface area (Å²) < 4.78 is 43.9.